The molecule has 0 aliphatic heterocycles. The fourth-order valence-electron chi connectivity index (χ4n) is 2.14. The Morgan fingerprint density at radius 1 is 1.18 bits per heavy atom. The molecule has 0 unspecified atom stereocenters. The average Bonchev–Trinajstić information content (AvgIpc) is 2.33. The number of phenolic OH excluding ortho intramolecular Hbond substituents is 1. The van der Waals surface area contributed by atoms with E-state index in [2.05, 4.69) is 30.2 Å². The Hall–Kier alpha value is -0.610. The van der Waals surface area contributed by atoms with Crippen molar-refractivity contribution < 1.29 is 5.11 Å². The quantitative estimate of drug-likeness (QED) is 0.554. The van der Waals surface area contributed by atoms with Gasteiger partial charge in [0, 0.05) is 27.6 Å². The predicted molar refractivity (Wildman–Crippen MR) is 77.1 cm³/mol. The van der Waals surface area contributed by atoms with E-state index < -0.39 is 0 Å². The van der Waals surface area contributed by atoms with Crippen molar-refractivity contribution in [1.29, 1.82) is 0 Å². The first-order valence-corrected chi connectivity index (χ1v) is 6.84. The summed E-state index contributed by atoms with van der Waals surface area (Å²) in [5, 5.41) is 9.85. The summed E-state index contributed by atoms with van der Waals surface area (Å²) in [6, 6.07) is 3.94. The highest BCUT2D eigenvalue weighted by atomic mass is 32.1. The summed E-state index contributed by atoms with van der Waals surface area (Å²) in [5.41, 5.74) is 0.702. The van der Waals surface area contributed by atoms with Crippen LogP contribution in [0, 0.1) is 0 Å². The fourth-order valence-corrected chi connectivity index (χ4v) is 2.78. The molecule has 0 saturated heterocycles. The second-order valence-electron chi connectivity index (χ2n) is 4.47. The minimum Gasteiger partial charge on any atom is -0.506 e. The highest BCUT2D eigenvalue weighted by Crippen LogP contribution is 2.28. The van der Waals surface area contributed by atoms with E-state index in [4.69, 9.17) is 0 Å². The van der Waals surface area contributed by atoms with Gasteiger partial charge in [0.2, 0.25) is 0 Å². The molecule has 1 aromatic carbocycles. The molecule has 0 atom stereocenters. The first kappa shape index (κ1) is 12.8. The van der Waals surface area contributed by atoms with Gasteiger partial charge >= 0.3 is 0 Å². The van der Waals surface area contributed by atoms with Crippen molar-refractivity contribution in [1.82, 2.24) is 0 Å². The number of hydrogen-bond donors (Lipinski definition) is 3. The Kier molecular flexibility index (Phi) is 4.40. The molecule has 0 heterocycles. The van der Waals surface area contributed by atoms with Crippen molar-refractivity contribution in [2.24, 2.45) is 4.99 Å². The van der Waals surface area contributed by atoms with Crippen molar-refractivity contribution >= 4 is 31.5 Å². The lowest BCUT2D eigenvalue weighted by atomic mass is 9.96. The number of phenols is 1. The van der Waals surface area contributed by atoms with Crippen LogP contribution in [-0.4, -0.2) is 17.4 Å². The lowest BCUT2D eigenvalue weighted by Gasteiger charge is -2.17. The molecule has 0 aromatic heterocycles. The Balaban J connectivity index is 2.14. The zero-order chi connectivity index (χ0) is 12.3. The topological polar surface area (TPSA) is 32.6 Å². The maximum absolute atomic E-state index is 9.85. The molecule has 92 valence electrons. The Morgan fingerprint density at radius 2 is 1.88 bits per heavy atom. The van der Waals surface area contributed by atoms with E-state index in [0.29, 0.717) is 16.5 Å². The number of thiol groups is 2. The summed E-state index contributed by atoms with van der Waals surface area (Å²) in [6.07, 6.45) is 7.92. The van der Waals surface area contributed by atoms with Gasteiger partial charge in [-0.05, 0) is 25.0 Å². The van der Waals surface area contributed by atoms with E-state index in [9.17, 15) is 5.11 Å². The molecule has 1 saturated carbocycles. The zero-order valence-electron chi connectivity index (χ0n) is 9.63. The summed E-state index contributed by atoms with van der Waals surface area (Å²) < 4.78 is 0. The van der Waals surface area contributed by atoms with Gasteiger partial charge < -0.3 is 5.11 Å². The predicted octanol–water partition coefficient (Wildman–Crippen LogP) is 3.72. The van der Waals surface area contributed by atoms with Crippen LogP contribution in [0.25, 0.3) is 0 Å². The lowest BCUT2D eigenvalue weighted by molar-refractivity contribution is 0.443. The molecule has 1 aliphatic carbocycles. The van der Waals surface area contributed by atoms with Gasteiger partial charge in [0.15, 0.2) is 0 Å². The van der Waals surface area contributed by atoms with E-state index >= 15 is 0 Å². The van der Waals surface area contributed by atoms with Gasteiger partial charge in [0.1, 0.15) is 5.75 Å². The van der Waals surface area contributed by atoms with E-state index in [1.807, 2.05) is 6.07 Å². The Bertz CT molecular complexity index is 426. The van der Waals surface area contributed by atoms with Crippen LogP contribution < -0.4 is 0 Å². The first-order chi connectivity index (χ1) is 8.16. The van der Waals surface area contributed by atoms with Crippen LogP contribution in [0.15, 0.2) is 26.9 Å². The van der Waals surface area contributed by atoms with Crippen LogP contribution in [0.1, 0.15) is 37.7 Å². The third-order valence-corrected chi connectivity index (χ3v) is 3.70. The van der Waals surface area contributed by atoms with Crippen LogP contribution in [0.2, 0.25) is 0 Å². The van der Waals surface area contributed by atoms with Gasteiger partial charge in [-0.1, -0.05) is 19.3 Å². The highest BCUT2D eigenvalue weighted by Gasteiger charge is 2.11. The first-order valence-electron chi connectivity index (χ1n) is 5.95. The maximum atomic E-state index is 9.85. The van der Waals surface area contributed by atoms with Crippen LogP contribution >= 0.6 is 25.3 Å². The maximum Gasteiger partial charge on any atom is 0.137 e. The molecule has 0 amide bonds. The molecular weight excluding hydrogens is 250 g/mol. The van der Waals surface area contributed by atoms with Crippen molar-refractivity contribution in [3.8, 4) is 5.75 Å². The molecule has 2 nitrogen and oxygen atoms in total. The minimum atomic E-state index is 0.186. The summed E-state index contributed by atoms with van der Waals surface area (Å²) in [5.74, 6) is 0.186. The van der Waals surface area contributed by atoms with Gasteiger partial charge in [0.25, 0.3) is 0 Å². The molecule has 0 bridgehead atoms. The second kappa shape index (κ2) is 5.83. The Morgan fingerprint density at radius 3 is 2.59 bits per heavy atom. The summed E-state index contributed by atoms with van der Waals surface area (Å²) >= 11 is 8.47. The number of aromatic hydroxyl groups is 1. The summed E-state index contributed by atoms with van der Waals surface area (Å²) in [6.45, 7) is 0. The van der Waals surface area contributed by atoms with Crippen LogP contribution in [0.4, 0.5) is 0 Å². The number of benzene rings is 1. The van der Waals surface area contributed by atoms with E-state index in [1.54, 1.807) is 12.3 Å². The lowest BCUT2D eigenvalue weighted by Crippen LogP contribution is -2.09. The number of rotatable bonds is 2. The summed E-state index contributed by atoms with van der Waals surface area (Å²) in [7, 11) is 0. The number of nitrogens with zero attached hydrogens (tertiary/aromatic N) is 1. The van der Waals surface area contributed by atoms with Gasteiger partial charge in [-0.3, -0.25) is 4.99 Å². The molecule has 17 heavy (non-hydrogen) atoms. The minimum absolute atomic E-state index is 0.186. The van der Waals surface area contributed by atoms with Crippen LogP contribution in [0.3, 0.4) is 0 Å². The molecule has 1 N–H and O–H groups in total. The van der Waals surface area contributed by atoms with Crippen LogP contribution in [-0.2, 0) is 0 Å². The molecule has 2 rings (SSSR count). The van der Waals surface area contributed by atoms with Gasteiger partial charge in [-0.15, -0.1) is 25.3 Å². The monoisotopic (exact) mass is 267 g/mol. The standard InChI is InChI=1S/C13H17NOS2/c15-13-9(6-11(16)7-12(13)17)8-14-10-4-2-1-3-5-10/h6-8,10,15-17H,1-5H2. The number of aliphatic imine (C=N–C) groups is 1. The largest absolute Gasteiger partial charge is 0.506 e. The number of hydrogen-bond acceptors (Lipinski definition) is 4. The van der Waals surface area contributed by atoms with Gasteiger partial charge in [-0.2, -0.15) is 0 Å². The third-order valence-electron chi connectivity index (χ3n) is 3.10. The molecule has 1 aliphatic rings. The van der Waals surface area contributed by atoms with E-state index in [0.717, 1.165) is 17.7 Å². The van der Waals surface area contributed by atoms with Crippen molar-refractivity contribution in [3.05, 3.63) is 17.7 Å². The van der Waals surface area contributed by atoms with Crippen molar-refractivity contribution in [2.45, 2.75) is 47.9 Å². The second-order valence-corrected chi connectivity index (χ2v) is 5.47. The van der Waals surface area contributed by atoms with E-state index in [1.165, 1.54) is 19.3 Å². The third kappa shape index (κ3) is 3.42. The average molecular weight is 267 g/mol. The highest BCUT2D eigenvalue weighted by molar-refractivity contribution is 7.81. The Labute approximate surface area is 113 Å². The molecule has 1 aromatic rings. The van der Waals surface area contributed by atoms with Crippen molar-refractivity contribution in [2.75, 3.05) is 0 Å². The smallest absolute Gasteiger partial charge is 0.137 e. The van der Waals surface area contributed by atoms with Gasteiger partial charge in [0.05, 0.1) is 0 Å². The molecular formula is C13H17NOS2. The van der Waals surface area contributed by atoms with Crippen molar-refractivity contribution in [3.63, 3.8) is 0 Å². The van der Waals surface area contributed by atoms with E-state index in [-0.39, 0.29) is 5.75 Å². The molecule has 0 spiro atoms. The SMILES string of the molecule is Oc1c(S)cc(S)cc1C=NC1CCCCC1. The van der Waals surface area contributed by atoms with Gasteiger partial charge in [-0.25, -0.2) is 0 Å². The molecule has 4 heteroatoms. The van der Waals surface area contributed by atoms with Crippen LogP contribution in [0.5, 0.6) is 5.75 Å². The zero-order valence-corrected chi connectivity index (χ0v) is 11.4. The normalized spacial score (nSPS) is 17.8. The fraction of sp³-hybridized carbons (Fsp3) is 0.462. The molecule has 0 radical (unpaired) electrons. The molecule has 1 fully saturated rings. The summed E-state index contributed by atoms with van der Waals surface area (Å²) in [4.78, 5) is 5.88.